The molecule has 0 amide bonds. The number of benzene rings is 2. The number of ether oxygens (including phenoxy) is 2. The highest BCUT2D eigenvalue weighted by Crippen LogP contribution is 2.31. The van der Waals surface area contributed by atoms with Gasteiger partial charge in [-0.05, 0) is 72.7 Å². The first-order valence-corrected chi connectivity index (χ1v) is 12.5. The summed E-state index contributed by atoms with van der Waals surface area (Å²) in [6.07, 6.45) is 0.345. The van der Waals surface area contributed by atoms with Crippen LogP contribution in [0.5, 0.6) is 17.2 Å². The second kappa shape index (κ2) is 13.4. The lowest BCUT2D eigenvalue weighted by atomic mass is 10.1. The molecule has 3 rings (SSSR count). The Labute approximate surface area is 229 Å². The Balaban J connectivity index is 0.000000335. The fourth-order valence-corrected chi connectivity index (χ4v) is 3.29. The molecule has 1 aromatic heterocycles. The molecule has 0 aliphatic rings. The van der Waals surface area contributed by atoms with Crippen LogP contribution in [0.3, 0.4) is 0 Å². The molecule has 0 radical (unpaired) electrons. The Kier molecular flexibility index (Phi) is 11.5. The molecule has 0 unspecified atom stereocenters. The molecular formula is C29H38O8S. The summed E-state index contributed by atoms with van der Waals surface area (Å²) in [6, 6.07) is 10.2. The Bertz CT molecular complexity index is 1320. The highest BCUT2D eigenvalue weighted by atomic mass is 32.1. The normalized spacial score (nSPS) is 11.0. The van der Waals surface area contributed by atoms with Crippen molar-refractivity contribution in [2.24, 2.45) is 0 Å². The monoisotopic (exact) mass is 546 g/mol. The molecule has 0 fully saturated rings. The van der Waals surface area contributed by atoms with Crippen LogP contribution in [0.25, 0.3) is 11.0 Å². The second-order valence-electron chi connectivity index (χ2n) is 10.4. The summed E-state index contributed by atoms with van der Waals surface area (Å²) in [6.45, 7) is 16.1. The van der Waals surface area contributed by atoms with Crippen molar-refractivity contribution in [3.8, 4) is 17.2 Å². The number of ketones is 1. The summed E-state index contributed by atoms with van der Waals surface area (Å²) in [7, 11) is 0. The zero-order valence-electron chi connectivity index (χ0n) is 23.5. The number of Topliss-reactive ketones (excluding diaryl/α,β-unsaturated/α-hetero) is 1. The zero-order valence-corrected chi connectivity index (χ0v) is 24.4. The van der Waals surface area contributed by atoms with Crippen molar-refractivity contribution in [1.29, 1.82) is 0 Å². The van der Waals surface area contributed by atoms with Gasteiger partial charge in [0.1, 0.15) is 45.0 Å². The first-order chi connectivity index (χ1) is 17.4. The minimum atomic E-state index is -0.833. The van der Waals surface area contributed by atoms with Gasteiger partial charge in [0.05, 0.1) is 0 Å². The standard InChI is InChI=1S/C14H16O3S.C13H18O3.C2H4O2/c1-8-12(15)11-9(16-13(8)18)6-5-7-10(11)17-14(2,3)4;1-5-9(14)12-10(15)7-6-8-11(12)16-13(2,3)4;1-2(3)4/h5-7,18H,1-4H3;6-8,15H,5H2,1-4H3;1H3,(H,3,4). The third-order valence-corrected chi connectivity index (χ3v) is 4.95. The lowest BCUT2D eigenvalue weighted by Crippen LogP contribution is -2.24. The van der Waals surface area contributed by atoms with Crippen molar-refractivity contribution in [2.75, 3.05) is 0 Å². The number of carboxylic acids is 1. The minimum Gasteiger partial charge on any atom is -0.507 e. The number of rotatable bonds is 4. The molecule has 0 atom stereocenters. The van der Waals surface area contributed by atoms with Gasteiger partial charge in [-0.2, -0.15) is 0 Å². The van der Waals surface area contributed by atoms with E-state index >= 15 is 0 Å². The van der Waals surface area contributed by atoms with E-state index in [-0.39, 0.29) is 28.1 Å². The molecule has 8 nitrogen and oxygen atoms in total. The van der Waals surface area contributed by atoms with E-state index in [9.17, 15) is 14.7 Å². The maximum absolute atomic E-state index is 12.3. The van der Waals surface area contributed by atoms with Crippen molar-refractivity contribution in [1.82, 2.24) is 0 Å². The number of fused-ring (bicyclic) bond motifs is 1. The zero-order chi connectivity index (χ0) is 29.4. The summed E-state index contributed by atoms with van der Waals surface area (Å²) in [4.78, 5) is 33.0. The van der Waals surface area contributed by atoms with E-state index in [2.05, 4.69) is 12.6 Å². The molecule has 0 aliphatic heterocycles. The van der Waals surface area contributed by atoms with Crippen molar-refractivity contribution in [3.63, 3.8) is 0 Å². The van der Waals surface area contributed by atoms with Gasteiger partial charge in [-0.15, -0.1) is 12.6 Å². The lowest BCUT2D eigenvalue weighted by molar-refractivity contribution is -0.134. The predicted molar refractivity (Wildman–Crippen MR) is 151 cm³/mol. The van der Waals surface area contributed by atoms with Gasteiger partial charge in [0.2, 0.25) is 5.43 Å². The van der Waals surface area contributed by atoms with E-state index in [0.717, 1.165) is 6.92 Å². The summed E-state index contributed by atoms with van der Waals surface area (Å²) in [5.41, 5.74) is 0.416. The Hall–Kier alpha value is -3.46. The van der Waals surface area contributed by atoms with E-state index in [1.165, 1.54) is 6.07 Å². The molecule has 38 heavy (non-hydrogen) atoms. The Morgan fingerprint density at radius 1 is 0.947 bits per heavy atom. The van der Waals surface area contributed by atoms with E-state index < -0.39 is 11.6 Å². The van der Waals surface area contributed by atoms with E-state index in [1.807, 2.05) is 41.5 Å². The summed E-state index contributed by atoms with van der Waals surface area (Å²) >= 11 is 4.16. The quantitative estimate of drug-likeness (QED) is 0.241. The molecule has 0 bridgehead atoms. The highest BCUT2D eigenvalue weighted by molar-refractivity contribution is 7.80. The SMILES string of the molecule is CC(=O)O.CCC(=O)c1c(O)cccc1OC(C)(C)C.Cc1c(S)oc2cccc(OC(C)(C)C)c2c1=O. The number of hydrogen-bond donors (Lipinski definition) is 3. The van der Waals surface area contributed by atoms with E-state index in [0.29, 0.717) is 39.5 Å². The van der Waals surface area contributed by atoms with Gasteiger partial charge in [0.15, 0.2) is 10.9 Å². The van der Waals surface area contributed by atoms with Crippen molar-refractivity contribution in [2.45, 2.75) is 85.0 Å². The molecule has 2 aromatic carbocycles. The topological polar surface area (TPSA) is 123 Å². The van der Waals surface area contributed by atoms with Crippen LogP contribution >= 0.6 is 12.6 Å². The minimum absolute atomic E-state index is 0.0198. The van der Waals surface area contributed by atoms with Crippen molar-refractivity contribution < 1.29 is 33.7 Å². The Morgan fingerprint density at radius 3 is 1.92 bits per heavy atom. The molecular weight excluding hydrogens is 508 g/mol. The van der Waals surface area contributed by atoms with Gasteiger partial charge < -0.3 is 24.1 Å². The van der Waals surface area contributed by atoms with Crippen LogP contribution in [-0.2, 0) is 4.79 Å². The smallest absolute Gasteiger partial charge is 0.300 e. The maximum Gasteiger partial charge on any atom is 0.300 e. The van der Waals surface area contributed by atoms with Crippen LogP contribution in [0.15, 0.2) is 50.7 Å². The molecule has 2 N–H and O–H groups in total. The number of phenolic OH excluding ortho intramolecular Hbond substituents is 1. The maximum atomic E-state index is 12.3. The van der Waals surface area contributed by atoms with Gasteiger partial charge in [0, 0.05) is 18.9 Å². The van der Waals surface area contributed by atoms with Crippen LogP contribution < -0.4 is 14.9 Å². The third-order valence-electron chi connectivity index (χ3n) is 4.52. The van der Waals surface area contributed by atoms with Crippen LogP contribution in [0.1, 0.15) is 77.7 Å². The van der Waals surface area contributed by atoms with Crippen LogP contribution in [0, 0.1) is 6.92 Å². The van der Waals surface area contributed by atoms with Crippen molar-refractivity contribution in [3.05, 3.63) is 57.7 Å². The first-order valence-electron chi connectivity index (χ1n) is 12.1. The molecule has 0 saturated carbocycles. The molecule has 0 spiro atoms. The van der Waals surface area contributed by atoms with Crippen molar-refractivity contribution >= 4 is 35.4 Å². The molecule has 1 heterocycles. The molecule has 9 heteroatoms. The van der Waals surface area contributed by atoms with Gasteiger partial charge >= 0.3 is 0 Å². The number of carbonyl (C=O) groups excluding carboxylic acids is 1. The van der Waals surface area contributed by atoms with Gasteiger partial charge in [-0.1, -0.05) is 19.1 Å². The molecule has 0 aliphatic carbocycles. The number of hydrogen-bond acceptors (Lipinski definition) is 8. The largest absolute Gasteiger partial charge is 0.507 e. The molecule has 208 valence electrons. The van der Waals surface area contributed by atoms with E-state index in [4.69, 9.17) is 23.8 Å². The molecule has 0 saturated heterocycles. The Morgan fingerprint density at radius 2 is 1.42 bits per heavy atom. The highest BCUT2D eigenvalue weighted by Gasteiger charge is 2.20. The fraction of sp³-hybridized carbons (Fsp3) is 0.414. The average molecular weight is 547 g/mol. The van der Waals surface area contributed by atoms with Gasteiger partial charge in [-0.25, -0.2) is 0 Å². The van der Waals surface area contributed by atoms with Crippen LogP contribution in [-0.4, -0.2) is 33.2 Å². The number of aromatic hydroxyl groups is 1. The fourth-order valence-electron chi connectivity index (χ4n) is 3.09. The van der Waals surface area contributed by atoms with Crippen LogP contribution in [0.4, 0.5) is 0 Å². The summed E-state index contributed by atoms with van der Waals surface area (Å²) in [5, 5.41) is 17.9. The van der Waals surface area contributed by atoms with Gasteiger partial charge in [0.25, 0.3) is 5.97 Å². The molecule has 3 aromatic rings. The third kappa shape index (κ3) is 10.1. The number of aliphatic carboxylic acids is 1. The van der Waals surface area contributed by atoms with Gasteiger partial charge in [-0.3, -0.25) is 14.4 Å². The lowest BCUT2D eigenvalue weighted by Gasteiger charge is -2.23. The summed E-state index contributed by atoms with van der Waals surface area (Å²) < 4.78 is 17.0. The second-order valence-corrected chi connectivity index (χ2v) is 10.8. The van der Waals surface area contributed by atoms with E-state index in [1.54, 1.807) is 44.2 Å². The summed E-state index contributed by atoms with van der Waals surface area (Å²) in [5.74, 6) is 0.0236. The predicted octanol–water partition coefficient (Wildman–Crippen LogP) is 6.82. The van der Waals surface area contributed by atoms with Crippen LogP contribution in [0.2, 0.25) is 0 Å². The average Bonchev–Trinajstić information content (AvgIpc) is 2.75. The number of carboxylic acid groups (broad SMARTS) is 1. The first kappa shape index (κ1) is 32.6. The number of phenols is 1. The number of carbonyl (C=O) groups is 2. The number of thiol groups is 1.